The molecule has 2 N–H and O–H groups in total. The number of aryl methyl sites for hydroxylation is 1. The Morgan fingerprint density at radius 1 is 1.41 bits per heavy atom. The van der Waals surface area contributed by atoms with Gasteiger partial charge in [-0.1, -0.05) is 19.8 Å². The zero-order chi connectivity index (χ0) is 12.3. The molecule has 0 spiro atoms. The Balaban J connectivity index is 2.00. The standard InChI is InChI=1S/C14H24N2S/c1-3-11-4-5-12(8-15)13(6-11)7-14-9-17-10(2)16-14/h9,11-13H,3-8,15H2,1-2H3. The van der Waals surface area contributed by atoms with Gasteiger partial charge in [0.15, 0.2) is 0 Å². The van der Waals surface area contributed by atoms with Crippen LogP contribution in [0, 0.1) is 24.7 Å². The topological polar surface area (TPSA) is 38.9 Å². The van der Waals surface area contributed by atoms with E-state index in [1.54, 1.807) is 11.3 Å². The van der Waals surface area contributed by atoms with Crippen molar-refractivity contribution < 1.29 is 0 Å². The Hall–Kier alpha value is -0.410. The molecule has 2 nitrogen and oxygen atoms in total. The van der Waals surface area contributed by atoms with E-state index in [1.165, 1.54) is 36.4 Å². The molecular weight excluding hydrogens is 228 g/mol. The fraction of sp³-hybridized carbons (Fsp3) is 0.786. The number of nitrogens with two attached hydrogens (primary N) is 1. The zero-order valence-electron chi connectivity index (χ0n) is 11.0. The van der Waals surface area contributed by atoms with E-state index in [9.17, 15) is 0 Å². The fourth-order valence-electron chi connectivity index (χ4n) is 3.13. The first-order valence-corrected chi connectivity index (χ1v) is 7.72. The van der Waals surface area contributed by atoms with Crippen molar-refractivity contribution in [2.24, 2.45) is 23.5 Å². The number of aromatic nitrogens is 1. The van der Waals surface area contributed by atoms with Crippen molar-refractivity contribution in [2.75, 3.05) is 6.54 Å². The van der Waals surface area contributed by atoms with Gasteiger partial charge in [0.25, 0.3) is 0 Å². The van der Waals surface area contributed by atoms with Crippen LogP contribution in [0.2, 0.25) is 0 Å². The molecule has 1 aliphatic carbocycles. The molecule has 1 aliphatic rings. The smallest absolute Gasteiger partial charge is 0.0897 e. The highest BCUT2D eigenvalue weighted by atomic mass is 32.1. The van der Waals surface area contributed by atoms with Crippen molar-refractivity contribution in [1.82, 2.24) is 4.98 Å². The lowest BCUT2D eigenvalue weighted by Crippen LogP contribution is -2.31. The Kier molecular flexibility index (Phi) is 4.57. The van der Waals surface area contributed by atoms with Crippen LogP contribution in [0.3, 0.4) is 0 Å². The summed E-state index contributed by atoms with van der Waals surface area (Å²) < 4.78 is 0. The number of nitrogens with zero attached hydrogens (tertiary/aromatic N) is 1. The minimum Gasteiger partial charge on any atom is -0.330 e. The van der Waals surface area contributed by atoms with Gasteiger partial charge in [-0.15, -0.1) is 11.3 Å². The van der Waals surface area contributed by atoms with Crippen molar-refractivity contribution >= 4 is 11.3 Å². The van der Waals surface area contributed by atoms with Crippen LogP contribution in [-0.2, 0) is 6.42 Å². The molecule has 96 valence electrons. The van der Waals surface area contributed by atoms with Crippen molar-refractivity contribution in [3.05, 3.63) is 16.1 Å². The Bertz CT molecular complexity index is 348. The van der Waals surface area contributed by atoms with E-state index in [-0.39, 0.29) is 0 Å². The first-order valence-electron chi connectivity index (χ1n) is 6.84. The lowest BCUT2D eigenvalue weighted by molar-refractivity contribution is 0.179. The fourth-order valence-corrected chi connectivity index (χ4v) is 3.75. The molecule has 17 heavy (non-hydrogen) atoms. The van der Waals surface area contributed by atoms with E-state index in [2.05, 4.69) is 24.2 Å². The summed E-state index contributed by atoms with van der Waals surface area (Å²) >= 11 is 1.77. The van der Waals surface area contributed by atoms with Crippen molar-refractivity contribution in [1.29, 1.82) is 0 Å². The second-order valence-corrected chi connectivity index (χ2v) is 6.47. The first kappa shape index (κ1) is 13.0. The normalized spacial score (nSPS) is 29.5. The van der Waals surface area contributed by atoms with Crippen LogP contribution in [0.15, 0.2) is 5.38 Å². The Labute approximate surface area is 109 Å². The van der Waals surface area contributed by atoms with Gasteiger partial charge in [0.1, 0.15) is 0 Å². The average Bonchev–Trinajstić information content (AvgIpc) is 2.74. The minimum atomic E-state index is 0.722. The lowest BCUT2D eigenvalue weighted by Gasteiger charge is -2.35. The van der Waals surface area contributed by atoms with Crippen molar-refractivity contribution in [3.63, 3.8) is 0 Å². The molecular formula is C14H24N2S. The molecule has 0 aromatic carbocycles. The molecule has 1 heterocycles. The highest BCUT2D eigenvalue weighted by molar-refractivity contribution is 7.09. The summed E-state index contributed by atoms with van der Waals surface area (Å²) in [5, 5.41) is 3.41. The van der Waals surface area contributed by atoms with Crippen LogP contribution in [0.4, 0.5) is 0 Å². The van der Waals surface area contributed by atoms with Crippen LogP contribution in [-0.4, -0.2) is 11.5 Å². The average molecular weight is 252 g/mol. The van der Waals surface area contributed by atoms with Crippen LogP contribution in [0.25, 0.3) is 0 Å². The summed E-state index contributed by atoms with van der Waals surface area (Å²) in [6.07, 6.45) is 6.52. The zero-order valence-corrected chi connectivity index (χ0v) is 11.8. The summed E-state index contributed by atoms with van der Waals surface area (Å²) in [4.78, 5) is 4.60. The van der Waals surface area contributed by atoms with Crippen LogP contribution < -0.4 is 5.73 Å². The highest BCUT2D eigenvalue weighted by Gasteiger charge is 2.29. The van der Waals surface area contributed by atoms with E-state index < -0.39 is 0 Å². The molecule has 2 rings (SSSR count). The molecule has 1 saturated carbocycles. The molecule has 0 radical (unpaired) electrons. The summed E-state index contributed by atoms with van der Waals surface area (Å²) in [5.74, 6) is 2.41. The number of thiazole rings is 1. The molecule has 1 aromatic heterocycles. The first-order chi connectivity index (χ1) is 8.22. The monoisotopic (exact) mass is 252 g/mol. The van der Waals surface area contributed by atoms with Gasteiger partial charge in [0, 0.05) is 5.38 Å². The van der Waals surface area contributed by atoms with Crippen LogP contribution in [0.5, 0.6) is 0 Å². The summed E-state index contributed by atoms with van der Waals surface area (Å²) in [6, 6.07) is 0. The molecule has 1 aromatic rings. The molecule has 0 bridgehead atoms. The maximum Gasteiger partial charge on any atom is 0.0897 e. The predicted octanol–water partition coefficient (Wildman–Crippen LogP) is 3.40. The largest absolute Gasteiger partial charge is 0.330 e. The van der Waals surface area contributed by atoms with Gasteiger partial charge in [-0.25, -0.2) is 4.98 Å². The summed E-state index contributed by atoms with van der Waals surface area (Å²) in [6.45, 7) is 5.26. The molecule has 0 saturated heterocycles. The van der Waals surface area contributed by atoms with Crippen LogP contribution in [0.1, 0.15) is 43.3 Å². The van der Waals surface area contributed by atoms with E-state index in [1.807, 2.05) is 0 Å². The van der Waals surface area contributed by atoms with E-state index >= 15 is 0 Å². The van der Waals surface area contributed by atoms with Gasteiger partial charge in [-0.3, -0.25) is 0 Å². The van der Waals surface area contributed by atoms with Gasteiger partial charge in [0.05, 0.1) is 10.7 Å². The van der Waals surface area contributed by atoms with E-state index in [0.29, 0.717) is 0 Å². The number of hydrogen-bond acceptors (Lipinski definition) is 3. The molecule has 0 aliphatic heterocycles. The maximum atomic E-state index is 5.92. The second kappa shape index (κ2) is 5.96. The van der Waals surface area contributed by atoms with Gasteiger partial charge in [-0.05, 0) is 50.5 Å². The maximum absolute atomic E-state index is 5.92. The van der Waals surface area contributed by atoms with Gasteiger partial charge < -0.3 is 5.73 Å². The summed E-state index contributed by atoms with van der Waals surface area (Å²) in [7, 11) is 0. The van der Waals surface area contributed by atoms with Crippen molar-refractivity contribution in [2.45, 2.75) is 46.0 Å². The second-order valence-electron chi connectivity index (χ2n) is 5.41. The summed E-state index contributed by atoms with van der Waals surface area (Å²) in [5.41, 5.74) is 7.21. The van der Waals surface area contributed by atoms with Crippen molar-refractivity contribution in [3.8, 4) is 0 Å². The van der Waals surface area contributed by atoms with E-state index in [4.69, 9.17) is 5.73 Å². The molecule has 3 unspecified atom stereocenters. The third kappa shape index (κ3) is 3.29. The van der Waals surface area contributed by atoms with Gasteiger partial charge in [0.2, 0.25) is 0 Å². The molecule has 3 atom stereocenters. The quantitative estimate of drug-likeness (QED) is 0.892. The van der Waals surface area contributed by atoms with Gasteiger partial charge >= 0.3 is 0 Å². The number of hydrogen-bond donors (Lipinski definition) is 1. The minimum absolute atomic E-state index is 0.722. The highest BCUT2D eigenvalue weighted by Crippen LogP contribution is 2.36. The molecule has 0 amide bonds. The lowest BCUT2D eigenvalue weighted by atomic mass is 9.71. The van der Waals surface area contributed by atoms with E-state index in [0.717, 1.165) is 30.7 Å². The number of rotatable bonds is 4. The Morgan fingerprint density at radius 2 is 2.24 bits per heavy atom. The predicted molar refractivity (Wildman–Crippen MR) is 74.2 cm³/mol. The molecule has 1 fully saturated rings. The van der Waals surface area contributed by atoms with Crippen LogP contribution >= 0.6 is 11.3 Å². The van der Waals surface area contributed by atoms with Gasteiger partial charge in [-0.2, -0.15) is 0 Å². The third-order valence-corrected chi connectivity index (χ3v) is 5.09. The molecule has 3 heteroatoms. The third-order valence-electron chi connectivity index (χ3n) is 4.27. The SMILES string of the molecule is CCC1CCC(CN)C(Cc2csc(C)n2)C1. The Morgan fingerprint density at radius 3 is 2.82 bits per heavy atom.